The third kappa shape index (κ3) is 2.20. The lowest BCUT2D eigenvalue weighted by Gasteiger charge is -2.01. The van der Waals surface area contributed by atoms with Crippen LogP contribution in [0.1, 0.15) is 11.1 Å². The van der Waals surface area contributed by atoms with Crippen molar-refractivity contribution in [2.24, 2.45) is 5.73 Å². The lowest BCUT2D eigenvalue weighted by atomic mass is 10.1. The third-order valence-corrected chi connectivity index (χ3v) is 1.68. The van der Waals surface area contributed by atoms with Crippen LogP contribution in [-0.4, -0.2) is 6.54 Å². The van der Waals surface area contributed by atoms with E-state index in [1.165, 1.54) is 12.1 Å². The number of hydrogen-bond acceptors (Lipinski definition) is 2. The van der Waals surface area contributed by atoms with Crippen LogP contribution in [0.3, 0.4) is 0 Å². The van der Waals surface area contributed by atoms with E-state index in [2.05, 4.69) is 11.8 Å². The second-order valence-electron chi connectivity index (χ2n) is 2.69. The van der Waals surface area contributed by atoms with Crippen LogP contribution in [0.25, 0.3) is 0 Å². The molecule has 0 aliphatic rings. The summed E-state index contributed by atoms with van der Waals surface area (Å²) in [4.78, 5) is 0. The lowest BCUT2D eigenvalue weighted by molar-refractivity contribution is 0.623. The molecule has 2 nitrogen and oxygen atoms in total. The Hall–Kier alpha value is -1.53. The minimum absolute atomic E-state index is 0.215. The minimum atomic E-state index is -0.354. The van der Waals surface area contributed by atoms with Crippen molar-refractivity contribution in [1.29, 1.82) is 0 Å². The van der Waals surface area contributed by atoms with Crippen LogP contribution < -0.4 is 11.5 Å². The van der Waals surface area contributed by atoms with E-state index in [1.807, 2.05) is 0 Å². The Balaban J connectivity index is 3.16. The van der Waals surface area contributed by atoms with Crippen LogP contribution in [0.2, 0.25) is 0 Å². The maximum atomic E-state index is 13.2. The molecule has 0 heterocycles. The minimum Gasteiger partial charge on any atom is -0.398 e. The highest BCUT2D eigenvalue weighted by molar-refractivity contribution is 5.53. The highest BCUT2D eigenvalue weighted by Crippen LogP contribution is 2.15. The summed E-state index contributed by atoms with van der Waals surface area (Å²) < 4.78 is 13.2. The standard InChI is InChI=1S/C10H11FN2/c1-7-5-9(11)8(3-2-4-12)6-10(7)13/h5-6H,4,12-13H2,1H3. The molecule has 0 aliphatic carbocycles. The molecule has 68 valence electrons. The quantitative estimate of drug-likeness (QED) is 0.460. The number of anilines is 1. The molecule has 0 aliphatic heterocycles. The van der Waals surface area contributed by atoms with Gasteiger partial charge in [-0.3, -0.25) is 0 Å². The van der Waals surface area contributed by atoms with Crippen molar-refractivity contribution in [3.8, 4) is 11.8 Å². The van der Waals surface area contributed by atoms with E-state index in [0.29, 0.717) is 11.3 Å². The molecule has 1 aromatic rings. The highest BCUT2D eigenvalue weighted by atomic mass is 19.1. The van der Waals surface area contributed by atoms with E-state index < -0.39 is 0 Å². The van der Waals surface area contributed by atoms with E-state index in [9.17, 15) is 4.39 Å². The Labute approximate surface area is 76.7 Å². The van der Waals surface area contributed by atoms with Gasteiger partial charge >= 0.3 is 0 Å². The second kappa shape index (κ2) is 3.92. The zero-order chi connectivity index (χ0) is 9.84. The molecule has 3 heteroatoms. The maximum Gasteiger partial charge on any atom is 0.139 e. The van der Waals surface area contributed by atoms with Crippen molar-refractivity contribution in [2.75, 3.05) is 12.3 Å². The normalized spacial score (nSPS) is 9.15. The monoisotopic (exact) mass is 178 g/mol. The van der Waals surface area contributed by atoms with E-state index in [4.69, 9.17) is 11.5 Å². The van der Waals surface area contributed by atoms with Gasteiger partial charge in [0.25, 0.3) is 0 Å². The van der Waals surface area contributed by atoms with Gasteiger partial charge in [0, 0.05) is 5.69 Å². The molecular weight excluding hydrogens is 167 g/mol. The molecule has 0 unspecified atom stereocenters. The lowest BCUT2D eigenvalue weighted by Crippen LogP contribution is -1.96. The van der Waals surface area contributed by atoms with Gasteiger partial charge in [0.1, 0.15) is 5.82 Å². The topological polar surface area (TPSA) is 52.0 Å². The van der Waals surface area contributed by atoms with Gasteiger partial charge in [-0.15, -0.1) is 0 Å². The molecule has 0 aromatic heterocycles. The van der Waals surface area contributed by atoms with Gasteiger partial charge in [-0.1, -0.05) is 11.8 Å². The summed E-state index contributed by atoms with van der Waals surface area (Å²) >= 11 is 0. The van der Waals surface area contributed by atoms with Crippen LogP contribution >= 0.6 is 0 Å². The Morgan fingerprint density at radius 1 is 1.46 bits per heavy atom. The molecule has 0 fully saturated rings. The van der Waals surface area contributed by atoms with E-state index in [0.717, 1.165) is 5.56 Å². The average molecular weight is 178 g/mol. The van der Waals surface area contributed by atoms with E-state index in [1.54, 1.807) is 6.92 Å². The van der Waals surface area contributed by atoms with Gasteiger partial charge in [0.05, 0.1) is 12.1 Å². The molecular formula is C10H11FN2. The molecule has 0 spiro atoms. The number of aryl methyl sites for hydroxylation is 1. The first-order valence-electron chi connectivity index (χ1n) is 3.89. The Bertz CT molecular complexity index is 374. The first kappa shape index (κ1) is 9.56. The van der Waals surface area contributed by atoms with Crippen LogP contribution in [0.5, 0.6) is 0 Å². The molecule has 0 amide bonds. The van der Waals surface area contributed by atoms with Crippen LogP contribution in [-0.2, 0) is 0 Å². The zero-order valence-electron chi connectivity index (χ0n) is 7.39. The van der Waals surface area contributed by atoms with Crippen molar-refractivity contribution in [2.45, 2.75) is 6.92 Å². The summed E-state index contributed by atoms with van der Waals surface area (Å²) in [6, 6.07) is 2.89. The number of rotatable bonds is 0. The molecule has 0 bridgehead atoms. The van der Waals surface area contributed by atoms with Gasteiger partial charge in [0.2, 0.25) is 0 Å². The second-order valence-corrected chi connectivity index (χ2v) is 2.69. The van der Waals surface area contributed by atoms with Crippen molar-refractivity contribution in [3.63, 3.8) is 0 Å². The number of halogens is 1. The fourth-order valence-corrected chi connectivity index (χ4v) is 0.931. The van der Waals surface area contributed by atoms with Crippen molar-refractivity contribution >= 4 is 5.69 Å². The van der Waals surface area contributed by atoms with Gasteiger partial charge in [-0.25, -0.2) is 4.39 Å². The molecule has 0 atom stereocenters. The summed E-state index contributed by atoms with van der Waals surface area (Å²) in [5.41, 5.74) is 12.3. The number of benzene rings is 1. The molecule has 0 saturated heterocycles. The first-order valence-corrected chi connectivity index (χ1v) is 3.89. The third-order valence-electron chi connectivity index (χ3n) is 1.68. The molecule has 1 aromatic carbocycles. The Morgan fingerprint density at radius 2 is 2.15 bits per heavy atom. The fraction of sp³-hybridized carbons (Fsp3) is 0.200. The first-order chi connectivity index (χ1) is 6.15. The van der Waals surface area contributed by atoms with Crippen LogP contribution in [0.4, 0.5) is 10.1 Å². The molecule has 0 radical (unpaired) electrons. The molecule has 4 N–H and O–H groups in total. The van der Waals surface area contributed by atoms with Crippen LogP contribution in [0.15, 0.2) is 12.1 Å². The predicted molar refractivity (Wildman–Crippen MR) is 51.5 cm³/mol. The smallest absolute Gasteiger partial charge is 0.139 e. The predicted octanol–water partition coefficient (Wildman–Crippen LogP) is 1.03. The van der Waals surface area contributed by atoms with Gasteiger partial charge in [0.15, 0.2) is 0 Å². The van der Waals surface area contributed by atoms with Crippen LogP contribution in [0, 0.1) is 24.6 Å². The van der Waals surface area contributed by atoms with Gasteiger partial charge < -0.3 is 11.5 Å². The Kier molecular flexibility index (Phi) is 2.88. The summed E-state index contributed by atoms with van der Waals surface area (Å²) in [6.45, 7) is 1.96. The summed E-state index contributed by atoms with van der Waals surface area (Å²) in [6.07, 6.45) is 0. The fourth-order valence-electron chi connectivity index (χ4n) is 0.931. The van der Waals surface area contributed by atoms with E-state index in [-0.39, 0.29) is 12.4 Å². The van der Waals surface area contributed by atoms with Crippen molar-refractivity contribution < 1.29 is 4.39 Å². The number of nitrogens with two attached hydrogens (primary N) is 2. The molecule has 13 heavy (non-hydrogen) atoms. The molecule has 1 rings (SSSR count). The number of hydrogen-bond donors (Lipinski definition) is 2. The molecule has 0 saturated carbocycles. The summed E-state index contributed by atoms with van der Waals surface area (Å²) in [7, 11) is 0. The summed E-state index contributed by atoms with van der Waals surface area (Å²) in [5, 5.41) is 0. The van der Waals surface area contributed by atoms with Gasteiger partial charge in [-0.05, 0) is 24.6 Å². The average Bonchev–Trinajstić information content (AvgIpc) is 2.09. The maximum absolute atomic E-state index is 13.2. The van der Waals surface area contributed by atoms with Gasteiger partial charge in [-0.2, -0.15) is 0 Å². The van der Waals surface area contributed by atoms with Crippen molar-refractivity contribution in [3.05, 3.63) is 29.1 Å². The number of nitrogen functional groups attached to an aromatic ring is 1. The highest BCUT2D eigenvalue weighted by Gasteiger charge is 2.02. The largest absolute Gasteiger partial charge is 0.398 e. The van der Waals surface area contributed by atoms with Crippen molar-refractivity contribution in [1.82, 2.24) is 0 Å². The SMILES string of the molecule is Cc1cc(F)c(C#CCN)cc1N. The zero-order valence-corrected chi connectivity index (χ0v) is 7.39. The Morgan fingerprint density at radius 3 is 2.77 bits per heavy atom. The summed E-state index contributed by atoms with van der Waals surface area (Å²) in [5.74, 6) is 4.83. The van der Waals surface area contributed by atoms with E-state index >= 15 is 0 Å².